The van der Waals surface area contributed by atoms with Crippen LogP contribution in [-0.2, 0) is 0 Å². The molecule has 0 saturated carbocycles. The molecule has 0 bridgehead atoms. The Kier molecular flexibility index (Phi) is 2.10. The van der Waals surface area contributed by atoms with E-state index in [1.54, 1.807) is 0 Å². The van der Waals surface area contributed by atoms with Gasteiger partial charge in [-0.05, 0) is 6.07 Å². The highest BCUT2D eigenvalue weighted by atomic mass is 35.5. The van der Waals surface area contributed by atoms with Gasteiger partial charge < -0.3 is 15.9 Å². The van der Waals surface area contributed by atoms with Crippen molar-refractivity contribution in [3.05, 3.63) is 22.7 Å². The van der Waals surface area contributed by atoms with E-state index in [4.69, 9.17) is 27.5 Å². The number of carbonyl (C=O) groups excluding carboxylic acids is 1. The Morgan fingerprint density at radius 3 is 2.50 bits per heavy atom. The molecular weight excluding hydrogens is 182 g/mol. The van der Waals surface area contributed by atoms with Crippen LogP contribution in [0, 0.1) is 0 Å². The van der Waals surface area contributed by atoms with Crippen LogP contribution in [0.4, 0.5) is 0 Å². The molecule has 0 aromatic heterocycles. The van der Waals surface area contributed by atoms with E-state index < -0.39 is 17.4 Å². The van der Waals surface area contributed by atoms with Crippen LogP contribution < -0.4 is 5.73 Å². The van der Waals surface area contributed by atoms with Gasteiger partial charge in [0.1, 0.15) is 0 Å². The lowest BCUT2D eigenvalue weighted by Gasteiger charge is -2.02. The van der Waals surface area contributed by atoms with Crippen LogP contribution in [-0.4, -0.2) is 16.1 Å². The molecule has 4 nitrogen and oxygen atoms in total. The van der Waals surface area contributed by atoms with E-state index in [1.807, 2.05) is 0 Å². The predicted molar refractivity (Wildman–Crippen MR) is 43.3 cm³/mol. The molecule has 5 heteroatoms. The highest BCUT2D eigenvalue weighted by Gasteiger charge is 2.12. The number of phenolic OH excluding ortho intramolecular Hbond substituents is 1. The van der Waals surface area contributed by atoms with Gasteiger partial charge in [0.25, 0.3) is 5.91 Å². The summed E-state index contributed by atoms with van der Waals surface area (Å²) in [5.74, 6) is -1.85. The molecule has 12 heavy (non-hydrogen) atoms. The van der Waals surface area contributed by atoms with Crippen molar-refractivity contribution in [2.75, 3.05) is 0 Å². The molecule has 0 spiro atoms. The van der Waals surface area contributed by atoms with E-state index in [1.165, 1.54) is 6.07 Å². The molecule has 1 rings (SSSR count). The molecule has 0 aliphatic rings. The van der Waals surface area contributed by atoms with Gasteiger partial charge in [-0.15, -0.1) is 0 Å². The number of hydrogen-bond donors (Lipinski definition) is 3. The second kappa shape index (κ2) is 2.91. The number of primary amides is 1. The minimum absolute atomic E-state index is 0.138. The van der Waals surface area contributed by atoms with Gasteiger partial charge in [-0.25, -0.2) is 0 Å². The summed E-state index contributed by atoms with van der Waals surface area (Å²) in [4.78, 5) is 10.6. The van der Waals surface area contributed by atoms with Crippen molar-refractivity contribution in [2.45, 2.75) is 0 Å². The average Bonchev–Trinajstić information content (AvgIpc) is 1.96. The third-order valence-electron chi connectivity index (χ3n) is 1.32. The first-order valence-corrected chi connectivity index (χ1v) is 3.41. The van der Waals surface area contributed by atoms with E-state index >= 15 is 0 Å². The van der Waals surface area contributed by atoms with Gasteiger partial charge in [0.05, 0.1) is 5.56 Å². The molecule has 1 amide bonds. The highest BCUT2D eigenvalue weighted by molar-refractivity contribution is 6.31. The van der Waals surface area contributed by atoms with Gasteiger partial charge in [0.2, 0.25) is 0 Å². The third kappa shape index (κ3) is 1.43. The van der Waals surface area contributed by atoms with E-state index in [2.05, 4.69) is 0 Å². The summed E-state index contributed by atoms with van der Waals surface area (Å²) < 4.78 is 0. The van der Waals surface area contributed by atoms with Crippen LogP contribution >= 0.6 is 11.6 Å². The molecule has 0 saturated heterocycles. The number of benzene rings is 1. The molecule has 1 aromatic carbocycles. The number of amides is 1. The summed E-state index contributed by atoms with van der Waals surface area (Å²) in [5, 5.41) is 18.2. The maximum atomic E-state index is 10.6. The summed E-state index contributed by atoms with van der Waals surface area (Å²) in [6.07, 6.45) is 0. The third-order valence-corrected chi connectivity index (χ3v) is 1.54. The van der Waals surface area contributed by atoms with Gasteiger partial charge in [-0.2, -0.15) is 0 Å². The second-order valence-electron chi connectivity index (χ2n) is 2.19. The maximum absolute atomic E-state index is 10.6. The van der Waals surface area contributed by atoms with Crippen molar-refractivity contribution < 1.29 is 15.0 Å². The summed E-state index contributed by atoms with van der Waals surface area (Å²) in [6, 6.07) is 2.29. The Morgan fingerprint density at radius 1 is 1.42 bits per heavy atom. The molecule has 4 N–H and O–H groups in total. The van der Waals surface area contributed by atoms with Crippen LogP contribution in [0.15, 0.2) is 12.1 Å². The molecular formula is C7H6ClNO3. The van der Waals surface area contributed by atoms with Gasteiger partial charge in [0.15, 0.2) is 11.5 Å². The van der Waals surface area contributed by atoms with Crippen molar-refractivity contribution in [2.24, 2.45) is 5.73 Å². The summed E-state index contributed by atoms with van der Waals surface area (Å²) >= 11 is 5.49. The molecule has 0 radical (unpaired) electrons. The quantitative estimate of drug-likeness (QED) is 0.570. The predicted octanol–water partition coefficient (Wildman–Crippen LogP) is 0.850. The van der Waals surface area contributed by atoms with Crippen LogP contribution in [0.5, 0.6) is 11.5 Å². The van der Waals surface area contributed by atoms with Crippen LogP contribution in [0.3, 0.4) is 0 Å². The zero-order valence-electron chi connectivity index (χ0n) is 5.91. The number of hydrogen-bond acceptors (Lipinski definition) is 3. The highest BCUT2D eigenvalue weighted by Crippen LogP contribution is 2.31. The van der Waals surface area contributed by atoms with E-state index in [0.717, 1.165) is 6.07 Å². The zero-order valence-corrected chi connectivity index (χ0v) is 6.67. The number of rotatable bonds is 1. The Labute approximate surface area is 73.2 Å². The summed E-state index contributed by atoms with van der Waals surface area (Å²) in [7, 11) is 0. The van der Waals surface area contributed by atoms with Crippen molar-refractivity contribution in [3.8, 4) is 11.5 Å². The maximum Gasteiger partial charge on any atom is 0.252 e. The lowest BCUT2D eigenvalue weighted by molar-refractivity contribution is 0.0997. The number of halogens is 1. The average molecular weight is 188 g/mol. The smallest absolute Gasteiger partial charge is 0.252 e. The minimum Gasteiger partial charge on any atom is -0.504 e. The number of carbonyl (C=O) groups is 1. The Balaban J connectivity index is 3.37. The van der Waals surface area contributed by atoms with Crippen molar-refractivity contribution in [1.82, 2.24) is 0 Å². The number of nitrogens with two attached hydrogens (primary N) is 1. The molecule has 0 atom stereocenters. The molecule has 0 aliphatic carbocycles. The van der Waals surface area contributed by atoms with E-state index in [0.29, 0.717) is 0 Å². The number of phenols is 2. The van der Waals surface area contributed by atoms with Crippen LogP contribution in [0.1, 0.15) is 10.4 Å². The van der Waals surface area contributed by atoms with Gasteiger partial charge in [-0.3, -0.25) is 4.79 Å². The van der Waals surface area contributed by atoms with E-state index in [9.17, 15) is 4.79 Å². The largest absolute Gasteiger partial charge is 0.504 e. The molecule has 0 aliphatic heterocycles. The van der Waals surface area contributed by atoms with E-state index in [-0.39, 0.29) is 10.6 Å². The molecule has 64 valence electrons. The Bertz CT molecular complexity index is 338. The van der Waals surface area contributed by atoms with Gasteiger partial charge in [0, 0.05) is 11.1 Å². The SMILES string of the molecule is NC(=O)c1cc(Cl)cc(O)c1O. The topological polar surface area (TPSA) is 83.6 Å². The fourth-order valence-corrected chi connectivity index (χ4v) is 0.985. The van der Waals surface area contributed by atoms with Crippen LogP contribution in [0.25, 0.3) is 0 Å². The standard InChI is InChI=1S/C7H6ClNO3/c8-3-1-4(7(9)12)6(11)5(10)2-3/h1-2,10-11H,(H2,9,12). The Morgan fingerprint density at radius 2 is 2.00 bits per heavy atom. The molecule has 0 fully saturated rings. The lowest BCUT2D eigenvalue weighted by Crippen LogP contribution is -2.10. The van der Waals surface area contributed by atoms with Crippen LogP contribution in [0.2, 0.25) is 5.02 Å². The fraction of sp³-hybridized carbons (Fsp3) is 0. The second-order valence-corrected chi connectivity index (χ2v) is 2.62. The first kappa shape index (κ1) is 8.67. The van der Waals surface area contributed by atoms with Crippen molar-refractivity contribution in [3.63, 3.8) is 0 Å². The van der Waals surface area contributed by atoms with Gasteiger partial charge in [-0.1, -0.05) is 11.6 Å². The Hall–Kier alpha value is -1.42. The zero-order chi connectivity index (χ0) is 9.30. The summed E-state index contributed by atoms with van der Waals surface area (Å²) in [6.45, 7) is 0. The number of aromatic hydroxyl groups is 2. The first-order chi connectivity index (χ1) is 5.52. The molecule has 0 heterocycles. The lowest BCUT2D eigenvalue weighted by atomic mass is 10.2. The minimum atomic E-state index is -0.842. The normalized spacial score (nSPS) is 9.75. The molecule has 0 unspecified atom stereocenters. The van der Waals surface area contributed by atoms with Gasteiger partial charge >= 0.3 is 0 Å². The summed E-state index contributed by atoms with van der Waals surface area (Å²) in [5.41, 5.74) is 4.69. The fourth-order valence-electron chi connectivity index (χ4n) is 0.773. The first-order valence-electron chi connectivity index (χ1n) is 3.03. The molecule has 1 aromatic rings. The monoisotopic (exact) mass is 187 g/mol. The van der Waals surface area contributed by atoms with Crippen molar-refractivity contribution in [1.29, 1.82) is 0 Å². The van der Waals surface area contributed by atoms with Crippen molar-refractivity contribution >= 4 is 17.5 Å².